The molecular weight excluding hydrogens is 220 g/mol. The molecule has 4 nitrogen and oxygen atoms in total. The van der Waals surface area contributed by atoms with Crippen LogP contribution in [0.1, 0.15) is 52.4 Å². The van der Waals surface area contributed by atoms with Gasteiger partial charge in [0, 0.05) is 13.0 Å². The lowest BCUT2D eigenvalue weighted by Gasteiger charge is -2.05. The van der Waals surface area contributed by atoms with Crippen LogP contribution in [-0.4, -0.2) is 31.6 Å². The first-order chi connectivity index (χ1) is 8.16. The number of hydrogen-bond donors (Lipinski definition) is 0. The maximum atomic E-state index is 11.1. The van der Waals surface area contributed by atoms with Crippen LogP contribution in [0, 0.1) is 0 Å². The summed E-state index contributed by atoms with van der Waals surface area (Å²) in [5, 5.41) is 0. The average molecular weight is 244 g/mol. The van der Waals surface area contributed by atoms with Crippen molar-refractivity contribution in [1.29, 1.82) is 0 Å². The Bertz CT molecular complexity index is 213. The minimum atomic E-state index is -0.324. The van der Waals surface area contributed by atoms with Gasteiger partial charge in [-0.15, -0.1) is 0 Å². The van der Waals surface area contributed by atoms with E-state index >= 15 is 0 Å². The Hall–Kier alpha value is -0.900. The zero-order valence-corrected chi connectivity index (χ0v) is 11.0. The van der Waals surface area contributed by atoms with E-state index in [0.29, 0.717) is 6.61 Å². The Morgan fingerprint density at radius 1 is 0.941 bits per heavy atom. The molecule has 100 valence electrons. The molecule has 0 radical (unpaired) electrons. The van der Waals surface area contributed by atoms with E-state index < -0.39 is 0 Å². The summed E-state index contributed by atoms with van der Waals surface area (Å²) in [4.78, 5) is 21.7. The van der Waals surface area contributed by atoms with Crippen LogP contribution in [-0.2, 0) is 19.1 Å². The van der Waals surface area contributed by atoms with E-state index in [1.165, 1.54) is 26.2 Å². The molecule has 0 spiro atoms. The van der Waals surface area contributed by atoms with E-state index in [1.807, 2.05) is 0 Å². The van der Waals surface area contributed by atoms with Crippen LogP contribution in [0.5, 0.6) is 0 Å². The number of hydrogen-bond acceptors (Lipinski definition) is 4. The van der Waals surface area contributed by atoms with Crippen LogP contribution in [0.4, 0.5) is 0 Å². The van der Waals surface area contributed by atoms with E-state index in [4.69, 9.17) is 9.47 Å². The molecule has 0 aromatic carbocycles. The third-order valence-corrected chi connectivity index (χ3v) is 2.31. The van der Waals surface area contributed by atoms with Crippen molar-refractivity contribution in [1.82, 2.24) is 0 Å². The SMILES string of the molecule is CCCCCCOCCOC(=O)CCC(C)=O. The Labute approximate surface area is 104 Å². The Kier molecular flexibility index (Phi) is 11.0. The second-order valence-electron chi connectivity index (χ2n) is 4.10. The van der Waals surface area contributed by atoms with Crippen molar-refractivity contribution >= 4 is 11.8 Å². The average Bonchev–Trinajstić information content (AvgIpc) is 2.30. The van der Waals surface area contributed by atoms with Crippen molar-refractivity contribution in [2.45, 2.75) is 52.4 Å². The minimum absolute atomic E-state index is 0.00845. The van der Waals surface area contributed by atoms with Crippen molar-refractivity contribution in [2.24, 2.45) is 0 Å². The molecule has 0 atom stereocenters. The second kappa shape index (κ2) is 11.6. The lowest BCUT2D eigenvalue weighted by atomic mass is 10.2. The molecule has 0 aromatic heterocycles. The second-order valence-corrected chi connectivity index (χ2v) is 4.10. The molecule has 0 aromatic rings. The zero-order chi connectivity index (χ0) is 12.9. The minimum Gasteiger partial charge on any atom is -0.463 e. The zero-order valence-electron chi connectivity index (χ0n) is 11.0. The van der Waals surface area contributed by atoms with Gasteiger partial charge in [0.05, 0.1) is 13.0 Å². The molecule has 0 aliphatic rings. The number of esters is 1. The first-order valence-corrected chi connectivity index (χ1v) is 6.39. The fraction of sp³-hybridized carbons (Fsp3) is 0.846. The molecule has 0 saturated heterocycles. The lowest BCUT2D eigenvalue weighted by molar-refractivity contribution is -0.146. The van der Waals surface area contributed by atoms with Gasteiger partial charge >= 0.3 is 5.97 Å². The van der Waals surface area contributed by atoms with Crippen molar-refractivity contribution in [3.05, 3.63) is 0 Å². The molecule has 0 aliphatic carbocycles. The van der Waals surface area contributed by atoms with Crippen LogP contribution in [0.25, 0.3) is 0 Å². The van der Waals surface area contributed by atoms with Gasteiger partial charge in [-0.25, -0.2) is 0 Å². The fourth-order valence-corrected chi connectivity index (χ4v) is 1.30. The highest BCUT2D eigenvalue weighted by Crippen LogP contribution is 1.99. The molecule has 0 fully saturated rings. The van der Waals surface area contributed by atoms with Crippen LogP contribution in [0.3, 0.4) is 0 Å². The highest BCUT2D eigenvalue weighted by Gasteiger charge is 2.04. The smallest absolute Gasteiger partial charge is 0.306 e. The van der Waals surface area contributed by atoms with E-state index in [2.05, 4.69) is 6.92 Å². The van der Waals surface area contributed by atoms with Crippen molar-refractivity contribution in [3.63, 3.8) is 0 Å². The normalized spacial score (nSPS) is 10.2. The maximum Gasteiger partial charge on any atom is 0.306 e. The first kappa shape index (κ1) is 16.1. The Morgan fingerprint density at radius 3 is 2.35 bits per heavy atom. The molecule has 0 saturated carbocycles. The van der Waals surface area contributed by atoms with Gasteiger partial charge in [-0.05, 0) is 13.3 Å². The quantitative estimate of drug-likeness (QED) is 0.414. The Morgan fingerprint density at radius 2 is 1.71 bits per heavy atom. The fourth-order valence-electron chi connectivity index (χ4n) is 1.30. The molecule has 0 heterocycles. The maximum absolute atomic E-state index is 11.1. The van der Waals surface area contributed by atoms with Crippen molar-refractivity contribution < 1.29 is 19.1 Å². The summed E-state index contributed by atoms with van der Waals surface area (Å²) in [6.45, 7) is 5.08. The largest absolute Gasteiger partial charge is 0.463 e. The van der Waals surface area contributed by atoms with Crippen LogP contribution in [0.2, 0.25) is 0 Å². The number of unbranched alkanes of at least 4 members (excludes halogenated alkanes) is 3. The molecular formula is C13H24O4. The molecule has 0 amide bonds. The van der Waals surface area contributed by atoms with Gasteiger partial charge in [0.2, 0.25) is 0 Å². The summed E-state index contributed by atoms with van der Waals surface area (Å²) >= 11 is 0. The van der Waals surface area contributed by atoms with Crippen molar-refractivity contribution in [2.75, 3.05) is 19.8 Å². The number of carbonyl (C=O) groups excluding carboxylic acids is 2. The number of carbonyl (C=O) groups is 2. The highest BCUT2D eigenvalue weighted by atomic mass is 16.6. The third kappa shape index (κ3) is 13.0. The van der Waals surface area contributed by atoms with Crippen LogP contribution < -0.4 is 0 Å². The van der Waals surface area contributed by atoms with E-state index in [0.717, 1.165) is 13.0 Å². The molecule has 4 heteroatoms. The summed E-state index contributed by atoms with van der Waals surface area (Å²) in [5.41, 5.74) is 0. The predicted molar refractivity (Wildman–Crippen MR) is 65.8 cm³/mol. The Balaban J connectivity index is 3.16. The van der Waals surface area contributed by atoms with E-state index in [9.17, 15) is 9.59 Å². The van der Waals surface area contributed by atoms with Gasteiger partial charge in [0.25, 0.3) is 0 Å². The molecule has 0 bridgehead atoms. The molecule has 0 N–H and O–H groups in total. The summed E-state index contributed by atoms with van der Waals surface area (Å²) in [6.07, 6.45) is 5.14. The summed E-state index contributed by atoms with van der Waals surface area (Å²) in [6, 6.07) is 0. The van der Waals surface area contributed by atoms with Crippen LogP contribution in [0.15, 0.2) is 0 Å². The first-order valence-electron chi connectivity index (χ1n) is 6.39. The molecule has 0 rings (SSSR count). The van der Waals surface area contributed by atoms with Gasteiger partial charge in [0.1, 0.15) is 12.4 Å². The van der Waals surface area contributed by atoms with Gasteiger partial charge in [-0.1, -0.05) is 26.2 Å². The highest BCUT2D eigenvalue weighted by molar-refractivity contribution is 5.80. The lowest BCUT2D eigenvalue weighted by Crippen LogP contribution is -2.11. The number of rotatable bonds is 11. The topological polar surface area (TPSA) is 52.6 Å². The summed E-state index contributed by atoms with van der Waals surface area (Å²) < 4.78 is 10.2. The number of ketones is 1. The van der Waals surface area contributed by atoms with E-state index in [-0.39, 0.29) is 31.2 Å². The standard InChI is InChI=1S/C13H24O4/c1-3-4-5-6-9-16-10-11-17-13(15)8-7-12(2)14/h3-11H2,1-2H3. The summed E-state index contributed by atoms with van der Waals surface area (Å²) in [7, 11) is 0. The van der Waals surface area contributed by atoms with E-state index in [1.54, 1.807) is 0 Å². The molecule has 0 aliphatic heterocycles. The number of Topliss-reactive ketones (excluding diaryl/α,β-unsaturated/α-hetero) is 1. The van der Waals surface area contributed by atoms with Gasteiger partial charge in [0.15, 0.2) is 0 Å². The molecule has 17 heavy (non-hydrogen) atoms. The van der Waals surface area contributed by atoms with Crippen LogP contribution >= 0.6 is 0 Å². The monoisotopic (exact) mass is 244 g/mol. The summed E-state index contributed by atoms with van der Waals surface area (Å²) in [5.74, 6) is -0.316. The van der Waals surface area contributed by atoms with Crippen molar-refractivity contribution in [3.8, 4) is 0 Å². The van der Waals surface area contributed by atoms with Gasteiger partial charge in [-0.3, -0.25) is 4.79 Å². The predicted octanol–water partition coefficient (Wildman–Crippen LogP) is 2.50. The molecule has 0 unspecified atom stereocenters. The van der Waals surface area contributed by atoms with Gasteiger partial charge < -0.3 is 14.3 Å². The third-order valence-electron chi connectivity index (χ3n) is 2.31. The number of ether oxygens (including phenoxy) is 2. The van der Waals surface area contributed by atoms with Gasteiger partial charge in [-0.2, -0.15) is 0 Å².